The highest BCUT2D eigenvalue weighted by Gasteiger charge is 2.33. The van der Waals surface area contributed by atoms with Crippen LogP contribution in [0.3, 0.4) is 0 Å². The van der Waals surface area contributed by atoms with E-state index >= 15 is 0 Å². The molecule has 0 saturated carbocycles. The molecule has 1 N–H and O–H groups in total. The summed E-state index contributed by atoms with van der Waals surface area (Å²) in [7, 11) is 0. The first-order chi connectivity index (χ1) is 10.6. The van der Waals surface area contributed by atoms with E-state index in [2.05, 4.69) is 26.2 Å². The second-order valence-corrected chi connectivity index (χ2v) is 6.49. The van der Waals surface area contributed by atoms with E-state index in [0.29, 0.717) is 10.6 Å². The normalized spacial score (nSPS) is 11.4. The van der Waals surface area contributed by atoms with E-state index in [0.717, 1.165) is 23.5 Å². The number of nitrogens with one attached hydrogen (secondary N) is 1. The Bertz CT molecular complexity index is 787. The van der Waals surface area contributed by atoms with Crippen LogP contribution in [0.15, 0.2) is 22.7 Å². The van der Waals surface area contributed by atoms with Crippen molar-refractivity contribution in [2.75, 3.05) is 5.32 Å². The minimum Gasteiger partial charge on any atom is -0.298 e. The van der Waals surface area contributed by atoms with Crippen molar-refractivity contribution in [2.45, 2.75) is 20.0 Å². The summed E-state index contributed by atoms with van der Waals surface area (Å²) in [6.07, 6.45) is -4.57. The number of Topliss-reactive ketones (excluding diaryl/α,β-unsaturated/α-hetero) is 1. The van der Waals surface area contributed by atoms with Crippen LogP contribution in [0.5, 0.6) is 0 Å². The molecule has 0 aliphatic heterocycles. The van der Waals surface area contributed by atoms with Gasteiger partial charge >= 0.3 is 6.18 Å². The third kappa shape index (κ3) is 3.97. The summed E-state index contributed by atoms with van der Waals surface area (Å²) in [5.74, 6) is -0.921. The first-order valence-corrected chi connectivity index (χ1v) is 7.87. The van der Waals surface area contributed by atoms with Crippen LogP contribution in [0.4, 0.5) is 18.3 Å². The maximum absolute atomic E-state index is 12.9. The molecule has 0 aliphatic carbocycles. The van der Waals surface area contributed by atoms with Gasteiger partial charge in [0.15, 0.2) is 10.9 Å². The van der Waals surface area contributed by atoms with Crippen LogP contribution in [0.25, 0.3) is 0 Å². The second-order valence-electron chi connectivity index (χ2n) is 4.64. The minimum atomic E-state index is -4.57. The standard InChI is InChI=1S/C14H10BrF3N2O2S/c1-6-11(7(2)21)23-13(19-6)20-12(22)8-3-4-10(15)9(5-8)14(16,17)18/h3-5H,1-2H3,(H,19,20,22). The smallest absolute Gasteiger partial charge is 0.298 e. The van der Waals surface area contributed by atoms with Gasteiger partial charge in [0.25, 0.3) is 5.91 Å². The fourth-order valence-corrected chi connectivity index (χ4v) is 3.16. The zero-order valence-electron chi connectivity index (χ0n) is 11.9. The van der Waals surface area contributed by atoms with Crippen LogP contribution in [-0.4, -0.2) is 16.7 Å². The summed E-state index contributed by atoms with van der Waals surface area (Å²) in [4.78, 5) is 27.9. The zero-order chi connectivity index (χ0) is 17.4. The predicted octanol–water partition coefficient (Wildman–Crippen LogP) is 4.69. The van der Waals surface area contributed by atoms with Crippen molar-refractivity contribution >= 4 is 44.1 Å². The van der Waals surface area contributed by atoms with Crippen molar-refractivity contribution in [3.8, 4) is 0 Å². The Hall–Kier alpha value is -1.74. The van der Waals surface area contributed by atoms with E-state index in [-0.39, 0.29) is 21.0 Å². The van der Waals surface area contributed by atoms with Crippen molar-refractivity contribution in [2.24, 2.45) is 0 Å². The predicted molar refractivity (Wildman–Crippen MR) is 84.0 cm³/mol. The van der Waals surface area contributed by atoms with Gasteiger partial charge in [-0.1, -0.05) is 27.3 Å². The zero-order valence-corrected chi connectivity index (χ0v) is 14.3. The molecule has 0 atom stereocenters. The molecule has 0 unspecified atom stereocenters. The van der Waals surface area contributed by atoms with Crippen LogP contribution >= 0.6 is 27.3 Å². The van der Waals surface area contributed by atoms with E-state index < -0.39 is 17.6 Å². The molecule has 0 spiro atoms. The lowest BCUT2D eigenvalue weighted by Gasteiger charge is -2.10. The first-order valence-electron chi connectivity index (χ1n) is 6.26. The summed E-state index contributed by atoms with van der Waals surface area (Å²) in [6.45, 7) is 2.99. The van der Waals surface area contributed by atoms with Gasteiger partial charge in [-0.3, -0.25) is 14.9 Å². The Labute approximate surface area is 141 Å². The fourth-order valence-electron chi connectivity index (χ4n) is 1.83. The van der Waals surface area contributed by atoms with Gasteiger partial charge in [-0.2, -0.15) is 13.2 Å². The van der Waals surface area contributed by atoms with Gasteiger partial charge in [-0.05, 0) is 25.1 Å². The van der Waals surface area contributed by atoms with Crippen LogP contribution in [-0.2, 0) is 6.18 Å². The Morgan fingerprint density at radius 2 is 1.96 bits per heavy atom. The van der Waals surface area contributed by atoms with E-state index in [1.165, 1.54) is 13.0 Å². The number of nitrogens with zero attached hydrogens (tertiary/aromatic N) is 1. The Kier molecular flexibility index (Phi) is 4.90. The lowest BCUT2D eigenvalue weighted by Crippen LogP contribution is -2.14. The van der Waals surface area contributed by atoms with E-state index in [9.17, 15) is 22.8 Å². The van der Waals surface area contributed by atoms with E-state index in [1.807, 2.05) is 0 Å². The van der Waals surface area contributed by atoms with Crippen molar-refractivity contribution in [3.05, 3.63) is 44.4 Å². The molecule has 0 radical (unpaired) electrons. The Morgan fingerprint density at radius 1 is 1.30 bits per heavy atom. The number of hydrogen-bond acceptors (Lipinski definition) is 4. The quantitative estimate of drug-likeness (QED) is 0.752. The number of aromatic nitrogens is 1. The van der Waals surface area contributed by atoms with Crippen LogP contribution in [0.2, 0.25) is 0 Å². The number of carbonyl (C=O) groups excluding carboxylic acids is 2. The molecular formula is C14H10BrF3N2O2S. The third-order valence-corrected chi connectivity index (χ3v) is 4.74. The SMILES string of the molecule is CC(=O)c1sc(NC(=O)c2ccc(Br)c(C(F)(F)F)c2)nc1C. The molecule has 1 heterocycles. The molecule has 0 fully saturated rings. The van der Waals surface area contributed by atoms with Crippen LogP contribution in [0, 0.1) is 6.92 Å². The molecule has 1 aromatic carbocycles. The molecule has 4 nitrogen and oxygen atoms in total. The van der Waals surface area contributed by atoms with Crippen molar-refractivity contribution in [1.82, 2.24) is 4.98 Å². The number of thiazole rings is 1. The fraction of sp³-hybridized carbons (Fsp3) is 0.214. The Morgan fingerprint density at radius 3 is 2.48 bits per heavy atom. The summed E-state index contributed by atoms with van der Waals surface area (Å²) >= 11 is 3.79. The number of rotatable bonds is 3. The molecule has 122 valence electrons. The molecule has 1 aromatic heterocycles. The molecule has 1 amide bonds. The van der Waals surface area contributed by atoms with Gasteiger partial charge in [0.2, 0.25) is 0 Å². The number of halogens is 4. The minimum absolute atomic E-state index is 0.148. The average Bonchev–Trinajstić information content (AvgIpc) is 2.78. The second kappa shape index (κ2) is 6.40. The molecular weight excluding hydrogens is 397 g/mol. The Balaban J connectivity index is 2.28. The highest BCUT2D eigenvalue weighted by molar-refractivity contribution is 9.10. The number of hydrogen-bond donors (Lipinski definition) is 1. The highest BCUT2D eigenvalue weighted by Crippen LogP contribution is 2.35. The van der Waals surface area contributed by atoms with Gasteiger partial charge in [-0.15, -0.1) is 0 Å². The van der Waals surface area contributed by atoms with Gasteiger partial charge < -0.3 is 0 Å². The van der Waals surface area contributed by atoms with Crippen LogP contribution in [0.1, 0.15) is 38.2 Å². The van der Waals surface area contributed by atoms with Crippen molar-refractivity contribution in [1.29, 1.82) is 0 Å². The first kappa shape index (κ1) is 17.6. The summed E-state index contributed by atoms with van der Waals surface area (Å²) in [5, 5.41) is 2.57. The largest absolute Gasteiger partial charge is 0.417 e. The topological polar surface area (TPSA) is 59.1 Å². The lowest BCUT2D eigenvalue weighted by molar-refractivity contribution is -0.138. The molecule has 0 aliphatic rings. The van der Waals surface area contributed by atoms with E-state index in [1.54, 1.807) is 6.92 Å². The van der Waals surface area contributed by atoms with Gasteiger partial charge in [0, 0.05) is 17.0 Å². The maximum atomic E-state index is 12.9. The van der Waals surface area contributed by atoms with Gasteiger partial charge in [0.05, 0.1) is 16.1 Å². The molecule has 2 rings (SSSR count). The van der Waals surface area contributed by atoms with E-state index in [4.69, 9.17) is 0 Å². The molecule has 23 heavy (non-hydrogen) atoms. The molecule has 2 aromatic rings. The number of ketones is 1. The van der Waals surface area contributed by atoms with Gasteiger partial charge in [0.1, 0.15) is 0 Å². The number of carbonyl (C=O) groups is 2. The summed E-state index contributed by atoms with van der Waals surface area (Å²) in [5.41, 5.74) is -0.632. The number of benzene rings is 1. The molecule has 0 saturated heterocycles. The third-order valence-electron chi connectivity index (χ3n) is 2.87. The number of anilines is 1. The van der Waals surface area contributed by atoms with Gasteiger partial charge in [-0.25, -0.2) is 4.98 Å². The highest BCUT2D eigenvalue weighted by atomic mass is 79.9. The molecule has 9 heteroatoms. The van der Waals surface area contributed by atoms with Crippen molar-refractivity contribution < 1.29 is 22.8 Å². The van der Waals surface area contributed by atoms with Crippen LogP contribution < -0.4 is 5.32 Å². The number of amides is 1. The molecule has 0 bridgehead atoms. The average molecular weight is 407 g/mol. The number of alkyl halides is 3. The van der Waals surface area contributed by atoms with Crippen molar-refractivity contribution in [3.63, 3.8) is 0 Å². The maximum Gasteiger partial charge on any atom is 0.417 e. The lowest BCUT2D eigenvalue weighted by atomic mass is 10.1. The summed E-state index contributed by atoms with van der Waals surface area (Å²) < 4.78 is 38.4. The number of aryl methyl sites for hydroxylation is 1. The monoisotopic (exact) mass is 406 g/mol. The summed E-state index contributed by atoms with van der Waals surface area (Å²) in [6, 6.07) is 3.18.